The Labute approximate surface area is 180 Å². The van der Waals surface area contributed by atoms with Gasteiger partial charge in [-0.05, 0) is 42.3 Å². The highest BCUT2D eigenvalue weighted by Gasteiger charge is 2.18. The molecule has 0 bridgehead atoms. The summed E-state index contributed by atoms with van der Waals surface area (Å²) in [6.07, 6.45) is 1.60. The van der Waals surface area contributed by atoms with Crippen molar-refractivity contribution in [3.63, 3.8) is 0 Å². The molecule has 4 aromatic heterocycles. The van der Waals surface area contributed by atoms with Crippen molar-refractivity contribution in [3.05, 3.63) is 61.5 Å². The van der Waals surface area contributed by atoms with Crippen LogP contribution in [0.5, 0.6) is 0 Å². The zero-order valence-electron chi connectivity index (χ0n) is 15.5. The summed E-state index contributed by atoms with van der Waals surface area (Å²) in [4.78, 5) is 28.5. The van der Waals surface area contributed by atoms with Gasteiger partial charge in [0.1, 0.15) is 16.2 Å². The number of hydrogen-bond acceptors (Lipinski definition) is 7. The Morgan fingerprint density at radius 3 is 2.36 bits per heavy atom. The average Bonchev–Trinajstić information content (AvgIpc) is 3.43. The standard InChI is InChI=1S/C20H19N3OS4/c1-13-14(2)28-20-18(13)19(21-12-22-20)27-11-17(24)23(9-15-5-3-7-25-15)10-16-6-4-8-26-16/h3-8,12H,9-11H2,1-2H3. The van der Waals surface area contributed by atoms with Crippen LogP contribution in [0.3, 0.4) is 0 Å². The SMILES string of the molecule is Cc1sc2ncnc(SCC(=O)N(Cc3cccs3)Cc3cccs3)c2c1C. The zero-order chi connectivity index (χ0) is 19.5. The monoisotopic (exact) mass is 445 g/mol. The Bertz CT molecular complexity index is 1030. The number of aromatic nitrogens is 2. The maximum absolute atomic E-state index is 13.1. The summed E-state index contributed by atoms with van der Waals surface area (Å²) in [5.41, 5.74) is 1.21. The molecule has 0 saturated heterocycles. The van der Waals surface area contributed by atoms with Gasteiger partial charge in [-0.2, -0.15) is 0 Å². The zero-order valence-corrected chi connectivity index (χ0v) is 18.8. The van der Waals surface area contributed by atoms with Gasteiger partial charge in [0.05, 0.1) is 18.8 Å². The number of thiophene rings is 3. The first-order chi connectivity index (χ1) is 13.6. The summed E-state index contributed by atoms with van der Waals surface area (Å²) >= 11 is 6.56. The molecule has 4 nitrogen and oxygen atoms in total. The number of rotatable bonds is 7. The molecule has 0 radical (unpaired) electrons. The molecular formula is C20H19N3OS4. The van der Waals surface area contributed by atoms with E-state index in [1.807, 2.05) is 17.0 Å². The third kappa shape index (κ3) is 4.30. The van der Waals surface area contributed by atoms with Crippen LogP contribution >= 0.6 is 45.8 Å². The van der Waals surface area contributed by atoms with E-state index in [0.29, 0.717) is 18.8 Å². The highest BCUT2D eigenvalue weighted by molar-refractivity contribution is 8.00. The lowest BCUT2D eigenvalue weighted by atomic mass is 10.2. The Kier molecular flexibility index (Phi) is 6.10. The smallest absolute Gasteiger partial charge is 0.233 e. The number of amides is 1. The fraction of sp³-hybridized carbons (Fsp3) is 0.250. The van der Waals surface area contributed by atoms with Crippen molar-refractivity contribution < 1.29 is 4.79 Å². The van der Waals surface area contributed by atoms with E-state index in [0.717, 1.165) is 15.2 Å². The topological polar surface area (TPSA) is 46.1 Å². The van der Waals surface area contributed by atoms with Gasteiger partial charge in [0.25, 0.3) is 0 Å². The molecular weight excluding hydrogens is 427 g/mol. The van der Waals surface area contributed by atoms with Crippen LogP contribution in [0.25, 0.3) is 10.2 Å². The number of nitrogens with zero attached hydrogens (tertiary/aromatic N) is 3. The third-order valence-electron chi connectivity index (χ3n) is 4.47. The highest BCUT2D eigenvalue weighted by Crippen LogP contribution is 2.34. The molecule has 0 aliphatic heterocycles. The predicted octanol–water partition coefficient (Wildman–Crippen LogP) is 5.75. The van der Waals surface area contributed by atoms with Crippen molar-refractivity contribution in [2.45, 2.75) is 32.0 Å². The molecule has 0 spiro atoms. The highest BCUT2D eigenvalue weighted by atomic mass is 32.2. The van der Waals surface area contributed by atoms with Crippen LogP contribution < -0.4 is 0 Å². The van der Waals surface area contributed by atoms with E-state index in [1.54, 1.807) is 40.3 Å². The number of carbonyl (C=O) groups is 1. The van der Waals surface area contributed by atoms with Gasteiger partial charge in [-0.15, -0.1) is 34.0 Å². The van der Waals surface area contributed by atoms with Crippen LogP contribution in [0.1, 0.15) is 20.2 Å². The number of aryl methyl sites for hydroxylation is 2. The minimum Gasteiger partial charge on any atom is -0.332 e. The lowest BCUT2D eigenvalue weighted by Crippen LogP contribution is -2.31. The molecule has 0 atom stereocenters. The number of thioether (sulfide) groups is 1. The summed E-state index contributed by atoms with van der Waals surface area (Å²) in [6.45, 7) is 5.49. The Morgan fingerprint density at radius 2 is 1.75 bits per heavy atom. The Hall–Kier alpha value is -1.74. The van der Waals surface area contributed by atoms with Crippen LogP contribution in [0.4, 0.5) is 0 Å². The maximum atomic E-state index is 13.1. The fourth-order valence-corrected chi connectivity index (χ4v) is 6.35. The molecule has 144 valence electrons. The number of fused-ring (bicyclic) bond motifs is 1. The van der Waals surface area contributed by atoms with Crippen LogP contribution in [0.2, 0.25) is 0 Å². The van der Waals surface area contributed by atoms with E-state index in [4.69, 9.17) is 0 Å². The van der Waals surface area contributed by atoms with Crippen molar-refractivity contribution in [1.29, 1.82) is 0 Å². The van der Waals surface area contributed by atoms with Gasteiger partial charge in [0.15, 0.2) is 0 Å². The lowest BCUT2D eigenvalue weighted by molar-refractivity contribution is -0.129. The average molecular weight is 446 g/mol. The molecule has 0 unspecified atom stereocenters. The molecule has 28 heavy (non-hydrogen) atoms. The summed E-state index contributed by atoms with van der Waals surface area (Å²) in [5.74, 6) is 0.500. The lowest BCUT2D eigenvalue weighted by Gasteiger charge is -2.21. The predicted molar refractivity (Wildman–Crippen MR) is 121 cm³/mol. The Balaban J connectivity index is 1.51. The van der Waals surface area contributed by atoms with Crippen molar-refractivity contribution in [1.82, 2.24) is 14.9 Å². The van der Waals surface area contributed by atoms with Crippen LogP contribution in [-0.2, 0) is 17.9 Å². The van der Waals surface area contributed by atoms with E-state index < -0.39 is 0 Å². The van der Waals surface area contributed by atoms with Gasteiger partial charge >= 0.3 is 0 Å². The number of hydrogen-bond donors (Lipinski definition) is 0. The van der Waals surface area contributed by atoms with E-state index in [1.165, 1.54) is 32.0 Å². The minimum atomic E-state index is 0.128. The van der Waals surface area contributed by atoms with Crippen molar-refractivity contribution >= 4 is 61.9 Å². The normalized spacial score (nSPS) is 11.2. The molecule has 8 heteroatoms. The third-order valence-corrected chi connectivity index (χ3v) is 8.28. The van der Waals surface area contributed by atoms with Crippen molar-refractivity contribution in [2.24, 2.45) is 0 Å². The van der Waals surface area contributed by atoms with E-state index in [9.17, 15) is 4.79 Å². The van der Waals surface area contributed by atoms with Gasteiger partial charge in [-0.25, -0.2) is 9.97 Å². The van der Waals surface area contributed by atoms with Gasteiger partial charge in [-0.3, -0.25) is 4.79 Å². The maximum Gasteiger partial charge on any atom is 0.233 e. The molecule has 0 aliphatic rings. The first-order valence-corrected chi connectivity index (χ1v) is 12.3. The molecule has 0 fully saturated rings. The van der Waals surface area contributed by atoms with Gasteiger partial charge in [0.2, 0.25) is 5.91 Å². The van der Waals surface area contributed by atoms with E-state index >= 15 is 0 Å². The minimum absolute atomic E-state index is 0.128. The first-order valence-electron chi connectivity index (χ1n) is 8.78. The van der Waals surface area contributed by atoms with Crippen LogP contribution in [0.15, 0.2) is 46.4 Å². The number of carbonyl (C=O) groups excluding carboxylic acids is 1. The summed E-state index contributed by atoms with van der Waals surface area (Å²) in [6, 6.07) is 8.22. The van der Waals surface area contributed by atoms with Crippen LogP contribution in [-0.4, -0.2) is 26.5 Å². The molecule has 0 aliphatic carbocycles. The molecule has 4 aromatic rings. The molecule has 4 rings (SSSR count). The van der Waals surface area contributed by atoms with Crippen molar-refractivity contribution in [2.75, 3.05) is 5.75 Å². The fourth-order valence-electron chi connectivity index (χ4n) is 2.89. The second-order valence-corrected chi connectivity index (χ2v) is 10.6. The van der Waals surface area contributed by atoms with Gasteiger partial charge in [0, 0.05) is 20.0 Å². The summed E-state index contributed by atoms with van der Waals surface area (Å²) in [7, 11) is 0. The summed E-state index contributed by atoms with van der Waals surface area (Å²) < 4.78 is 0. The second-order valence-electron chi connectivity index (χ2n) is 6.34. The molecule has 1 amide bonds. The molecule has 0 saturated carbocycles. The van der Waals surface area contributed by atoms with Crippen LogP contribution in [0, 0.1) is 13.8 Å². The second kappa shape index (κ2) is 8.73. The summed E-state index contributed by atoms with van der Waals surface area (Å²) in [5, 5.41) is 6.09. The van der Waals surface area contributed by atoms with E-state index in [-0.39, 0.29) is 5.91 Å². The molecule has 0 N–H and O–H groups in total. The van der Waals surface area contributed by atoms with Crippen molar-refractivity contribution in [3.8, 4) is 0 Å². The molecule has 4 heterocycles. The first kappa shape index (κ1) is 19.6. The molecule has 0 aromatic carbocycles. The van der Waals surface area contributed by atoms with Gasteiger partial charge in [-0.1, -0.05) is 23.9 Å². The van der Waals surface area contributed by atoms with Gasteiger partial charge < -0.3 is 4.90 Å². The van der Waals surface area contributed by atoms with E-state index in [2.05, 4.69) is 46.7 Å². The largest absolute Gasteiger partial charge is 0.332 e. The quantitative estimate of drug-likeness (QED) is 0.268. The Morgan fingerprint density at radius 1 is 1.07 bits per heavy atom.